The number of nitrogens with one attached hydrogen (secondary N) is 1. The molecule has 0 atom stereocenters. The van der Waals surface area contributed by atoms with E-state index in [1.165, 1.54) is 13.3 Å². The minimum Gasteiger partial charge on any atom is -0.490 e. The van der Waals surface area contributed by atoms with Gasteiger partial charge >= 0.3 is 6.09 Å². The van der Waals surface area contributed by atoms with Crippen molar-refractivity contribution in [2.45, 2.75) is 0 Å². The van der Waals surface area contributed by atoms with Gasteiger partial charge in [0.2, 0.25) is 0 Å². The van der Waals surface area contributed by atoms with Gasteiger partial charge < -0.3 is 9.47 Å². The van der Waals surface area contributed by atoms with E-state index < -0.39 is 6.09 Å². The van der Waals surface area contributed by atoms with Crippen LogP contribution in [-0.2, 0) is 4.74 Å². The van der Waals surface area contributed by atoms with Crippen molar-refractivity contribution in [2.75, 3.05) is 13.7 Å². The van der Waals surface area contributed by atoms with Crippen LogP contribution in [0.3, 0.4) is 0 Å². The van der Waals surface area contributed by atoms with Crippen LogP contribution >= 0.6 is 0 Å². The van der Waals surface area contributed by atoms with E-state index in [-0.39, 0.29) is 0 Å². The average molecular weight is 234 g/mol. The van der Waals surface area contributed by atoms with Crippen molar-refractivity contribution in [1.82, 2.24) is 5.43 Å². The summed E-state index contributed by atoms with van der Waals surface area (Å²) in [6.45, 7) is 4.01. The molecule has 0 aromatic heterocycles. The summed E-state index contributed by atoms with van der Waals surface area (Å²) in [5.41, 5.74) is 3.00. The highest BCUT2D eigenvalue weighted by molar-refractivity contribution is 5.81. The van der Waals surface area contributed by atoms with Gasteiger partial charge in [-0.2, -0.15) is 5.10 Å². The first kappa shape index (κ1) is 12.8. The second-order valence-corrected chi connectivity index (χ2v) is 3.03. The third-order valence-corrected chi connectivity index (χ3v) is 1.78. The van der Waals surface area contributed by atoms with Gasteiger partial charge in [0.1, 0.15) is 12.4 Å². The summed E-state index contributed by atoms with van der Waals surface area (Å²) < 4.78 is 9.72. The van der Waals surface area contributed by atoms with E-state index in [1.54, 1.807) is 12.1 Å². The van der Waals surface area contributed by atoms with Crippen molar-refractivity contribution in [1.29, 1.82) is 0 Å². The van der Waals surface area contributed by atoms with Crippen molar-refractivity contribution >= 4 is 12.3 Å². The Morgan fingerprint density at radius 3 is 3.12 bits per heavy atom. The minimum absolute atomic E-state index is 0.445. The Kier molecular flexibility index (Phi) is 5.30. The molecular formula is C12H14N2O3. The number of amides is 1. The molecule has 0 heterocycles. The van der Waals surface area contributed by atoms with Gasteiger partial charge in [0.05, 0.1) is 13.3 Å². The monoisotopic (exact) mass is 234 g/mol. The number of methoxy groups -OCH3 is 1. The fourth-order valence-corrected chi connectivity index (χ4v) is 1.04. The van der Waals surface area contributed by atoms with Crippen LogP contribution in [0.15, 0.2) is 42.0 Å². The van der Waals surface area contributed by atoms with Crippen LogP contribution in [0, 0.1) is 0 Å². The summed E-state index contributed by atoms with van der Waals surface area (Å²) in [5.74, 6) is 0.715. The largest absolute Gasteiger partial charge is 0.490 e. The smallest absolute Gasteiger partial charge is 0.427 e. The topological polar surface area (TPSA) is 59.9 Å². The molecule has 0 aliphatic carbocycles. The van der Waals surface area contributed by atoms with Crippen molar-refractivity contribution in [3.63, 3.8) is 0 Å². The zero-order valence-corrected chi connectivity index (χ0v) is 9.55. The van der Waals surface area contributed by atoms with Crippen LogP contribution in [0.4, 0.5) is 4.79 Å². The van der Waals surface area contributed by atoms with Crippen molar-refractivity contribution in [3.05, 3.63) is 42.5 Å². The molecule has 0 aliphatic rings. The Morgan fingerprint density at radius 1 is 1.59 bits per heavy atom. The lowest BCUT2D eigenvalue weighted by Crippen LogP contribution is -2.16. The van der Waals surface area contributed by atoms with Crippen LogP contribution in [0.25, 0.3) is 0 Å². The number of hydrazone groups is 1. The summed E-state index contributed by atoms with van der Waals surface area (Å²) in [6, 6.07) is 7.29. The van der Waals surface area contributed by atoms with Gasteiger partial charge in [-0.05, 0) is 17.7 Å². The fourth-order valence-electron chi connectivity index (χ4n) is 1.04. The maximum absolute atomic E-state index is 10.7. The molecule has 17 heavy (non-hydrogen) atoms. The first-order valence-corrected chi connectivity index (χ1v) is 4.97. The molecule has 0 saturated carbocycles. The normalized spacial score (nSPS) is 9.94. The zero-order valence-electron chi connectivity index (χ0n) is 9.55. The number of nitrogens with zero attached hydrogens (tertiary/aromatic N) is 1. The Balaban J connectivity index is 2.58. The lowest BCUT2D eigenvalue weighted by molar-refractivity contribution is 0.171. The highest BCUT2D eigenvalue weighted by atomic mass is 16.5. The maximum Gasteiger partial charge on any atom is 0.427 e. The zero-order chi connectivity index (χ0) is 12.5. The van der Waals surface area contributed by atoms with E-state index in [4.69, 9.17) is 4.74 Å². The highest BCUT2D eigenvalue weighted by Gasteiger charge is 1.95. The van der Waals surface area contributed by atoms with E-state index in [0.717, 1.165) is 5.56 Å². The number of hydrogen-bond acceptors (Lipinski definition) is 4. The molecule has 0 radical (unpaired) electrons. The number of carbonyl (C=O) groups is 1. The van der Waals surface area contributed by atoms with Crippen molar-refractivity contribution in [3.8, 4) is 5.75 Å². The molecular weight excluding hydrogens is 220 g/mol. The molecule has 0 aliphatic heterocycles. The molecule has 1 N–H and O–H groups in total. The Hall–Kier alpha value is -2.30. The number of hydrogen-bond donors (Lipinski definition) is 1. The summed E-state index contributed by atoms with van der Waals surface area (Å²) >= 11 is 0. The Labute approximate surface area is 99.7 Å². The van der Waals surface area contributed by atoms with Crippen molar-refractivity contribution < 1.29 is 14.3 Å². The van der Waals surface area contributed by atoms with Crippen LogP contribution in [0.1, 0.15) is 5.56 Å². The predicted molar refractivity (Wildman–Crippen MR) is 65.3 cm³/mol. The maximum atomic E-state index is 10.7. The molecule has 0 saturated heterocycles. The molecule has 1 amide bonds. The summed E-state index contributed by atoms with van der Waals surface area (Å²) in [4.78, 5) is 10.7. The molecule has 0 unspecified atom stereocenters. The van der Waals surface area contributed by atoms with Gasteiger partial charge in [-0.15, -0.1) is 0 Å². The molecule has 0 bridgehead atoms. The average Bonchev–Trinajstić information content (AvgIpc) is 2.36. The van der Waals surface area contributed by atoms with Gasteiger partial charge in [0.15, 0.2) is 0 Å². The van der Waals surface area contributed by atoms with Gasteiger partial charge in [0, 0.05) is 0 Å². The van der Waals surface area contributed by atoms with Crippen molar-refractivity contribution in [2.24, 2.45) is 5.10 Å². The van der Waals surface area contributed by atoms with Crippen LogP contribution < -0.4 is 10.2 Å². The van der Waals surface area contributed by atoms with E-state index in [0.29, 0.717) is 12.4 Å². The third kappa shape index (κ3) is 4.83. The standard InChI is InChI=1S/C12H14N2O3/c1-3-7-17-11-6-4-5-10(8-11)9-13-14-12(15)16-2/h3-6,8-9H,1,7H2,2H3,(H,14,15)/b13-9-. The molecule has 5 nitrogen and oxygen atoms in total. The predicted octanol–water partition coefficient (Wildman–Crippen LogP) is 1.94. The molecule has 90 valence electrons. The summed E-state index contributed by atoms with van der Waals surface area (Å²) in [6.07, 6.45) is 2.55. The second kappa shape index (κ2) is 7.05. The van der Waals surface area contributed by atoms with Crippen LogP contribution in [0.5, 0.6) is 5.75 Å². The van der Waals surface area contributed by atoms with Gasteiger partial charge in [0.25, 0.3) is 0 Å². The molecule has 5 heteroatoms. The SMILES string of the molecule is C=CCOc1cccc(/C=N\NC(=O)OC)c1. The molecule has 1 aromatic rings. The van der Waals surface area contributed by atoms with E-state index in [9.17, 15) is 4.79 Å². The number of rotatable bonds is 5. The Bertz CT molecular complexity index is 416. The number of benzene rings is 1. The first-order chi connectivity index (χ1) is 8.26. The molecule has 1 aromatic carbocycles. The molecule has 1 rings (SSSR count). The van der Waals surface area contributed by atoms with E-state index in [2.05, 4.69) is 21.8 Å². The Morgan fingerprint density at radius 2 is 2.41 bits per heavy atom. The molecule has 0 fully saturated rings. The van der Waals surface area contributed by atoms with Gasteiger partial charge in [-0.3, -0.25) is 0 Å². The van der Waals surface area contributed by atoms with Gasteiger partial charge in [-0.1, -0.05) is 24.8 Å². The third-order valence-electron chi connectivity index (χ3n) is 1.78. The lowest BCUT2D eigenvalue weighted by Gasteiger charge is -2.03. The molecule has 0 spiro atoms. The minimum atomic E-state index is -0.611. The van der Waals surface area contributed by atoms with E-state index in [1.807, 2.05) is 18.2 Å². The fraction of sp³-hybridized carbons (Fsp3) is 0.167. The van der Waals surface area contributed by atoms with E-state index >= 15 is 0 Å². The highest BCUT2D eigenvalue weighted by Crippen LogP contribution is 2.11. The summed E-state index contributed by atoms with van der Waals surface area (Å²) in [7, 11) is 1.27. The lowest BCUT2D eigenvalue weighted by atomic mass is 10.2. The quantitative estimate of drug-likeness (QED) is 0.481. The first-order valence-electron chi connectivity index (χ1n) is 4.97. The van der Waals surface area contributed by atoms with Gasteiger partial charge in [-0.25, -0.2) is 10.2 Å². The number of carbonyl (C=O) groups excluding carboxylic acids is 1. The second-order valence-electron chi connectivity index (χ2n) is 3.03. The number of ether oxygens (including phenoxy) is 2. The summed E-state index contributed by atoms with van der Waals surface area (Å²) in [5, 5.41) is 3.71. The van der Waals surface area contributed by atoms with Crippen LogP contribution in [-0.4, -0.2) is 26.0 Å². The van der Waals surface area contributed by atoms with Crippen LogP contribution in [0.2, 0.25) is 0 Å².